The number of aromatic nitrogens is 2. The summed E-state index contributed by atoms with van der Waals surface area (Å²) < 4.78 is 1.79. The van der Waals surface area contributed by atoms with E-state index in [1.54, 1.807) is 10.8 Å². The molecule has 0 radical (unpaired) electrons. The van der Waals surface area contributed by atoms with Gasteiger partial charge in [0, 0.05) is 7.05 Å². The van der Waals surface area contributed by atoms with Gasteiger partial charge in [0.1, 0.15) is 0 Å². The van der Waals surface area contributed by atoms with E-state index < -0.39 is 11.9 Å². The van der Waals surface area contributed by atoms with Crippen molar-refractivity contribution in [3.05, 3.63) is 72.4 Å². The zero-order valence-corrected chi connectivity index (χ0v) is 15.0. The van der Waals surface area contributed by atoms with Gasteiger partial charge in [-0.05, 0) is 17.5 Å². The molecule has 0 saturated carbocycles. The number of imidazole rings is 1. The lowest BCUT2D eigenvalue weighted by atomic mass is 9.95. The summed E-state index contributed by atoms with van der Waals surface area (Å²) in [5.74, 6) is -1.64. The average molecular weight is 363 g/mol. The van der Waals surface area contributed by atoms with Crippen LogP contribution in [0.4, 0.5) is 5.95 Å². The molecule has 1 aromatic heterocycles. The molecular formula is C21H21N3O3. The number of carboxylic acids is 1. The molecule has 1 atom stereocenters. The standard InChI is InChI=1S/C21H21N3O3/c1-24-18(16-10-6-3-7-11-16)14-22-21(24)23-20(27)17(13-19(25)26)12-15-8-4-2-5-9-15/h2-11,14,17H,12-13H2,1H3,(H,25,26)(H,22,23,27)/t17-/m1/s1. The summed E-state index contributed by atoms with van der Waals surface area (Å²) in [6.45, 7) is 0. The largest absolute Gasteiger partial charge is 0.481 e. The molecule has 27 heavy (non-hydrogen) atoms. The number of nitrogens with zero attached hydrogens (tertiary/aromatic N) is 2. The Balaban J connectivity index is 1.77. The third-order valence-corrected chi connectivity index (χ3v) is 4.41. The molecule has 138 valence electrons. The second-order valence-corrected chi connectivity index (χ2v) is 6.37. The molecule has 3 aromatic rings. The van der Waals surface area contributed by atoms with Crippen LogP contribution in [-0.2, 0) is 23.1 Å². The van der Waals surface area contributed by atoms with Crippen LogP contribution in [0.5, 0.6) is 0 Å². The second-order valence-electron chi connectivity index (χ2n) is 6.37. The maximum atomic E-state index is 12.7. The number of carbonyl (C=O) groups excluding carboxylic acids is 1. The summed E-state index contributed by atoms with van der Waals surface area (Å²) in [6.07, 6.45) is 1.81. The number of amides is 1. The van der Waals surface area contributed by atoms with Crippen molar-refractivity contribution in [3.63, 3.8) is 0 Å². The molecule has 2 N–H and O–H groups in total. The zero-order chi connectivity index (χ0) is 19.2. The molecule has 0 aliphatic rings. The van der Waals surface area contributed by atoms with E-state index in [0.717, 1.165) is 16.8 Å². The molecular weight excluding hydrogens is 342 g/mol. The highest BCUT2D eigenvalue weighted by Crippen LogP contribution is 2.22. The third-order valence-electron chi connectivity index (χ3n) is 4.41. The summed E-state index contributed by atoms with van der Waals surface area (Å²) >= 11 is 0. The molecule has 1 heterocycles. The molecule has 2 aromatic carbocycles. The van der Waals surface area contributed by atoms with Crippen LogP contribution in [-0.4, -0.2) is 26.5 Å². The van der Waals surface area contributed by atoms with Crippen molar-refractivity contribution in [2.24, 2.45) is 13.0 Å². The lowest BCUT2D eigenvalue weighted by Gasteiger charge is -2.15. The first-order valence-corrected chi connectivity index (χ1v) is 8.68. The summed E-state index contributed by atoms with van der Waals surface area (Å²) in [6, 6.07) is 19.1. The quantitative estimate of drug-likeness (QED) is 0.674. The Labute approximate surface area is 157 Å². The SMILES string of the molecule is Cn1c(-c2ccccc2)cnc1NC(=O)[C@@H](CC(=O)O)Cc1ccccc1. The highest BCUT2D eigenvalue weighted by molar-refractivity contribution is 5.93. The van der Waals surface area contributed by atoms with Gasteiger partial charge in [-0.1, -0.05) is 60.7 Å². The van der Waals surface area contributed by atoms with E-state index in [9.17, 15) is 14.7 Å². The molecule has 0 aliphatic heterocycles. The molecule has 0 saturated heterocycles. The van der Waals surface area contributed by atoms with Crippen LogP contribution in [0, 0.1) is 5.92 Å². The van der Waals surface area contributed by atoms with Crippen molar-refractivity contribution in [2.75, 3.05) is 5.32 Å². The number of hydrogen-bond acceptors (Lipinski definition) is 3. The van der Waals surface area contributed by atoms with E-state index in [1.165, 1.54) is 0 Å². The van der Waals surface area contributed by atoms with Crippen LogP contribution >= 0.6 is 0 Å². The lowest BCUT2D eigenvalue weighted by molar-refractivity contribution is -0.140. The Morgan fingerprint density at radius 2 is 1.70 bits per heavy atom. The third kappa shape index (κ3) is 4.61. The second kappa shape index (κ2) is 8.31. The van der Waals surface area contributed by atoms with Crippen LogP contribution in [0.15, 0.2) is 66.9 Å². The summed E-state index contributed by atoms with van der Waals surface area (Å²) in [4.78, 5) is 28.2. The lowest BCUT2D eigenvalue weighted by Crippen LogP contribution is -2.28. The summed E-state index contributed by atoms with van der Waals surface area (Å²) in [5.41, 5.74) is 2.77. The van der Waals surface area contributed by atoms with Gasteiger partial charge >= 0.3 is 5.97 Å². The van der Waals surface area contributed by atoms with E-state index in [0.29, 0.717) is 12.4 Å². The fourth-order valence-corrected chi connectivity index (χ4v) is 2.98. The molecule has 1 amide bonds. The van der Waals surface area contributed by atoms with E-state index in [4.69, 9.17) is 0 Å². The monoisotopic (exact) mass is 363 g/mol. The van der Waals surface area contributed by atoms with E-state index >= 15 is 0 Å². The zero-order valence-electron chi connectivity index (χ0n) is 15.0. The Morgan fingerprint density at radius 1 is 1.07 bits per heavy atom. The maximum Gasteiger partial charge on any atom is 0.304 e. The highest BCUT2D eigenvalue weighted by Gasteiger charge is 2.23. The van der Waals surface area contributed by atoms with Gasteiger partial charge in [0.05, 0.1) is 24.2 Å². The predicted octanol–water partition coefficient (Wildman–Crippen LogP) is 3.36. The van der Waals surface area contributed by atoms with Gasteiger partial charge in [-0.3, -0.25) is 14.9 Å². The maximum absolute atomic E-state index is 12.7. The minimum atomic E-state index is -1.00. The molecule has 0 unspecified atom stereocenters. The molecule has 3 rings (SSSR count). The number of nitrogens with one attached hydrogen (secondary N) is 1. The molecule has 6 heteroatoms. The minimum Gasteiger partial charge on any atom is -0.481 e. The minimum absolute atomic E-state index is 0.239. The Hall–Kier alpha value is -3.41. The van der Waals surface area contributed by atoms with E-state index in [2.05, 4.69) is 10.3 Å². The Morgan fingerprint density at radius 3 is 2.33 bits per heavy atom. The van der Waals surface area contributed by atoms with Crippen LogP contribution in [0.25, 0.3) is 11.3 Å². The fraction of sp³-hybridized carbons (Fsp3) is 0.190. The van der Waals surface area contributed by atoms with Gasteiger partial charge in [0.15, 0.2) is 0 Å². The number of rotatable bonds is 7. The van der Waals surface area contributed by atoms with E-state index in [1.807, 2.05) is 67.7 Å². The van der Waals surface area contributed by atoms with Crippen molar-refractivity contribution in [1.29, 1.82) is 0 Å². The summed E-state index contributed by atoms with van der Waals surface area (Å²) in [7, 11) is 1.81. The van der Waals surface area contributed by atoms with Crippen molar-refractivity contribution in [3.8, 4) is 11.3 Å². The topological polar surface area (TPSA) is 84.2 Å². The fourth-order valence-electron chi connectivity index (χ4n) is 2.98. The van der Waals surface area contributed by atoms with Crippen LogP contribution in [0.1, 0.15) is 12.0 Å². The van der Waals surface area contributed by atoms with Gasteiger partial charge < -0.3 is 9.67 Å². The molecule has 6 nitrogen and oxygen atoms in total. The number of carbonyl (C=O) groups is 2. The predicted molar refractivity (Wildman–Crippen MR) is 103 cm³/mol. The number of anilines is 1. The first kappa shape index (κ1) is 18.4. The van der Waals surface area contributed by atoms with Crippen molar-refractivity contribution in [1.82, 2.24) is 9.55 Å². The van der Waals surface area contributed by atoms with Crippen LogP contribution in [0.2, 0.25) is 0 Å². The Bertz CT molecular complexity index is 920. The van der Waals surface area contributed by atoms with Gasteiger partial charge in [-0.15, -0.1) is 0 Å². The van der Waals surface area contributed by atoms with Gasteiger partial charge in [-0.25, -0.2) is 4.98 Å². The normalized spacial score (nSPS) is 11.7. The van der Waals surface area contributed by atoms with Gasteiger partial charge in [0.2, 0.25) is 11.9 Å². The van der Waals surface area contributed by atoms with Crippen molar-refractivity contribution < 1.29 is 14.7 Å². The molecule has 0 aliphatic carbocycles. The number of hydrogen-bond donors (Lipinski definition) is 2. The van der Waals surface area contributed by atoms with Crippen LogP contribution in [0.3, 0.4) is 0 Å². The first-order valence-electron chi connectivity index (χ1n) is 8.68. The summed E-state index contributed by atoms with van der Waals surface area (Å²) in [5, 5.41) is 12.0. The van der Waals surface area contributed by atoms with Crippen molar-refractivity contribution >= 4 is 17.8 Å². The van der Waals surface area contributed by atoms with Crippen molar-refractivity contribution in [2.45, 2.75) is 12.8 Å². The molecule has 0 bridgehead atoms. The van der Waals surface area contributed by atoms with Gasteiger partial charge in [0.25, 0.3) is 0 Å². The molecule has 0 spiro atoms. The molecule has 0 fully saturated rings. The number of aliphatic carboxylic acids is 1. The van der Waals surface area contributed by atoms with E-state index in [-0.39, 0.29) is 12.3 Å². The average Bonchev–Trinajstić information content (AvgIpc) is 3.03. The Kier molecular flexibility index (Phi) is 5.66. The number of carboxylic acid groups (broad SMARTS) is 1. The number of benzene rings is 2. The highest BCUT2D eigenvalue weighted by atomic mass is 16.4. The smallest absolute Gasteiger partial charge is 0.304 e. The first-order chi connectivity index (χ1) is 13.0. The van der Waals surface area contributed by atoms with Gasteiger partial charge in [-0.2, -0.15) is 0 Å². The van der Waals surface area contributed by atoms with Crippen LogP contribution < -0.4 is 5.32 Å².